The number of para-hydroxylation sites is 2. The van der Waals surface area contributed by atoms with E-state index >= 15 is 0 Å². The van der Waals surface area contributed by atoms with E-state index in [9.17, 15) is 9.59 Å². The molecule has 3 aromatic rings. The Kier molecular flexibility index (Phi) is 6.88. The molecule has 9 heteroatoms. The van der Waals surface area contributed by atoms with Crippen LogP contribution in [0.2, 0.25) is 0 Å². The Bertz CT molecular complexity index is 1520. The number of ether oxygens (including phenoxy) is 3. The second kappa shape index (κ2) is 10.1. The molecule has 0 fully saturated rings. The van der Waals surface area contributed by atoms with Gasteiger partial charge in [-0.3, -0.25) is 4.79 Å². The molecular weight excluding hydrogens is 504 g/mol. The molecule has 0 saturated heterocycles. The van der Waals surface area contributed by atoms with Crippen molar-refractivity contribution in [1.29, 1.82) is 0 Å². The van der Waals surface area contributed by atoms with Crippen LogP contribution in [-0.2, 0) is 6.42 Å². The Hall–Kier alpha value is -3.85. The van der Waals surface area contributed by atoms with E-state index in [2.05, 4.69) is 10.6 Å². The van der Waals surface area contributed by atoms with Crippen LogP contribution in [-0.4, -0.2) is 36.3 Å². The molecule has 2 aliphatic rings. The minimum Gasteiger partial charge on any atom is -0.495 e. The monoisotopic (exact) mass is 534 g/mol. The summed E-state index contributed by atoms with van der Waals surface area (Å²) in [6.45, 7) is 6.22. The summed E-state index contributed by atoms with van der Waals surface area (Å²) in [5.74, 6) is 1.42. The topological polar surface area (TPSA) is 99.0 Å². The number of Topliss-reactive ketones (excluding diaryl/α,β-unsaturated/α-hetero) is 1. The highest BCUT2D eigenvalue weighted by Crippen LogP contribution is 2.48. The summed E-state index contributed by atoms with van der Waals surface area (Å²) in [6, 6.07) is 8.93. The van der Waals surface area contributed by atoms with E-state index in [1.165, 1.54) is 6.07 Å². The second-order valence-corrected chi connectivity index (χ2v) is 10.3. The summed E-state index contributed by atoms with van der Waals surface area (Å²) in [7, 11) is 1.59. The zero-order valence-corrected chi connectivity index (χ0v) is 22.6. The third-order valence-electron chi connectivity index (χ3n) is 6.57. The number of nitrogens with one attached hydrogen (secondary N) is 2. The van der Waals surface area contributed by atoms with Gasteiger partial charge in [-0.1, -0.05) is 25.5 Å². The zero-order chi connectivity index (χ0) is 27.0. The maximum atomic E-state index is 13.5. The fraction of sp³-hybridized carbons (Fsp3) is 0.345. The van der Waals surface area contributed by atoms with Crippen LogP contribution in [0.5, 0.6) is 17.2 Å². The maximum Gasteiger partial charge on any atom is 0.336 e. The first-order valence-corrected chi connectivity index (χ1v) is 13.0. The van der Waals surface area contributed by atoms with E-state index in [1.54, 1.807) is 7.11 Å². The first-order valence-electron chi connectivity index (χ1n) is 12.6. The Morgan fingerprint density at radius 1 is 1.21 bits per heavy atom. The van der Waals surface area contributed by atoms with Crippen molar-refractivity contribution < 1.29 is 23.4 Å². The summed E-state index contributed by atoms with van der Waals surface area (Å²) in [5, 5.41) is 7.28. The van der Waals surface area contributed by atoms with Gasteiger partial charge in [0.1, 0.15) is 34.5 Å². The SMILES string of the molecule is CCCc1cc(=O)oc2c3c(c4c(c12)OC(C)(C)C=C4)OC(CNC(=S)Nc1ccccc1OC)CC3=O. The number of hydrogen-bond acceptors (Lipinski definition) is 7. The normalized spacial score (nSPS) is 17.2. The lowest BCUT2D eigenvalue weighted by Gasteiger charge is -2.33. The van der Waals surface area contributed by atoms with E-state index in [1.807, 2.05) is 57.2 Å². The number of fused-ring (bicyclic) bond motifs is 6. The van der Waals surface area contributed by atoms with Gasteiger partial charge in [0.25, 0.3) is 0 Å². The van der Waals surface area contributed by atoms with E-state index in [0.717, 1.165) is 17.7 Å². The quantitative estimate of drug-likeness (QED) is 0.324. The third kappa shape index (κ3) is 4.86. The number of methoxy groups -OCH3 is 1. The highest BCUT2D eigenvalue weighted by molar-refractivity contribution is 7.80. The van der Waals surface area contributed by atoms with Crippen molar-refractivity contribution in [2.45, 2.75) is 51.7 Å². The molecule has 1 unspecified atom stereocenters. The van der Waals surface area contributed by atoms with Crippen LogP contribution < -0.4 is 30.5 Å². The van der Waals surface area contributed by atoms with Crippen LogP contribution in [0.4, 0.5) is 5.69 Å². The largest absolute Gasteiger partial charge is 0.495 e. The molecule has 5 rings (SSSR count). The fourth-order valence-electron chi connectivity index (χ4n) is 4.87. The lowest BCUT2D eigenvalue weighted by atomic mass is 9.89. The van der Waals surface area contributed by atoms with Crippen LogP contribution in [0, 0.1) is 0 Å². The number of carbonyl (C=O) groups is 1. The van der Waals surface area contributed by atoms with Crippen molar-refractivity contribution in [2.75, 3.05) is 19.0 Å². The van der Waals surface area contributed by atoms with Crippen LogP contribution in [0.3, 0.4) is 0 Å². The Morgan fingerprint density at radius 3 is 2.76 bits per heavy atom. The first kappa shape index (κ1) is 25.8. The second-order valence-electron chi connectivity index (χ2n) is 9.93. The lowest BCUT2D eigenvalue weighted by Crippen LogP contribution is -2.41. The van der Waals surface area contributed by atoms with E-state index in [-0.39, 0.29) is 29.9 Å². The van der Waals surface area contributed by atoms with Crippen molar-refractivity contribution >= 4 is 45.8 Å². The summed E-state index contributed by atoms with van der Waals surface area (Å²) >= 11 is 5.46. The molecule has 2 aromatic carbocycles. The molecule has 198 valence electrons. The molecule has 0 bridgehead atoms. The molecule has 8 nitrogen and oxygen atoms in total. The van der Waals surface area contributed by atoms with Gasteiger partial charge in [-0.2, -0.15) is 0 Å². The molecule has 2 aliphatic heterocycles. The molecule has 0 saturated carbocycles. The fourth-order valence-corrected chi connectivity index (χ4v) is 5.07. The van der Waals surface area contributed by atoms with Crippen molar-refractivity contribution in [3.63, 3.8) is 0 Å². The van der Waals surface area contributed by atoms with Gasteiger partial charge in [0.15, 0.2) is 16.5 Å². The average Bonchev–Trinajstić information content (AvgIpc) is 2.87. The van der Waals surface area contributed by atoms with E-state index in [0.29, 0.717) is 39.7 Å². The Balaban J connectivity index is 1.49. The van der Waals surface area contributed by atoms with Crippen molar-refractivity contribution in [2.24, 2.45) is 0 Å². The minimum absolute atomic E-state index is 0.100. The number of carbonyl (C=O) groups excluding carboxylic acids is 1. The van der Waals surface area contributed by atoms with E-state index < -0.39 is 17.3 Å². The smallest absolute Gasteiger partial charge is 0.336 e. The number of aryl methyl sites for hydroxylation is 1. The number of hydrogen-bond donors (Lipinski definition) is 2. The standard InChI is InChI=1S/C29H30N2O6S/c1-5-8-16-13-22(33)36-27-23(16)26-18(11-12-29(2,3)37-26)25-24(27)20(32)14-17(35-25)15-30-28(38)31-19-9-6-7-10-21(19)34-4/h6-7,9-13,17H,5,8,14-15H2,1-4H3,(H2,30,31,38). The number of ketones is 1. The first-order chi connectivity index (χ1) is 18.2. The number of benzene rings is 2. The van der Waals surface area contributed by atoms with Gasteiger partial charge in [-0.25, -0.2) is 4.79 Å². The lowest BCUT2D eigenvalue weighted by molar-refractivity contribution is 0.0853. The molecule has 0 amide bonds. The summed E-state index contributed by atoms with van der Waals surface area (Å²) in [4.78, 5) is 26.0. The van der Waals surface area contributed by atoms with Gasteiger partial charge in [0, 0.05) is 6.07 Å². The van der Waals surface area contributed by atoms with Crippen LogP contribution in [0.1, 0.15) is 55.1 Å². The van der Waals surface area contributed by atoms with Crippen LogP contribution in [0.15, 0.2) is 45.6 Å². The predicted molar refractivity (Wildman–Crippen MR) is 151 cm³/mol. The molecule has 2 N–H and O–H groups in total. The number of thiocarbonyl (C=S) groups is 1. The molecule has 0 aliphatic carbocycles. The van der Waals surface area contributed by atoms with Gasteiger partial charge in [-0.05, 0) is 62.3 Å². The van der Waals surface area contributed by atoms with Gasteiger partial charge in [0.2, 0.25) is 0 Å². The summed E-state index contributed by atoms with van der Waals surface area (Å²) in [5.41, 5.74) is 1.63. The molecule has 1 aromatic heterocycles. The summed E-state index contributed by atoms with van der Waals surface area (Å²) in [6.07, 6.45) is 4.94. The van der Waals surface area contributed by atoms with Crippen molar-refractivity contribution in [1.82, 2.24) is 5.32 Å². The highest BCUT2D eigenvalue weighted by atomic mass is 32.1. The molecule has 38 heavy (non-hydrogen) atoms. The molecule has 1 atom stereocenters. The maximum absolute atomic E-state index is 13.5. The highest BCUT2D eigenvalue weighted by Gasteiger charge is 2.37. The number of rotatable bonds is 6. The van der Waals surface area contributed by atoms with Crippen LogP contribution in [0.25, 0.3) is 17.0 Å². The van der Waals surface area contributed by atoms with Gasteiger partial charge in [0.05, 0.1) is 36.7 Å². The van der Waals surface area contributed by atoms with Gasteiger partial charge >= 0.3 is 5.63 Å². The number of anilines is 1. The molecule has 0 radical (unpaired) electrons. The zero-order valence-electron chi connectivity index (χ0n) is 21.8. The van der Waals surface area contributed by atoms with E-state index in [4.69, 9.17) is 30.8 Å². The minimum atomic E-state index is -0.580. The molecule has 3 heterocycles. The molecular formula is C29H30N2O6S. The van der Waals surface area contributed by atoms with Crippen molar-refractivity contribution in [3.8, 4) is 17.2 Å². The third-order valence-corrected chi connectivity index (χ3v) is 6.82. The van der Waals surface area contributed by atoms with Gasteiger partial charge < -0.3 is 29.3 Å². The molecule has 0 spiro atoms. The predicted octanol–water partition coefficient (Wildman–Crippen LogP) is 5.26. The Morgan fingerprint density at radius 2 is 2.00 bits per heavy atom. The summed E-state index contributed by atoms with van der Waals surface area (Å²) < 4.78 is 23.8. The van der Waals surface area contributed by atoms with Crippen LogP contribution >= 0.6 is 12.2 Å². The van der Waals surface area contributed by atoms with Crippen molar-refractivity contribution in [3.05, 3.63) is 63.5 Å². The Labute approximate surface area is 226 Å². The van der Waals surface area contributed by atoms with Gasteiger partial charge in [-0.15, -0.1) is 0 Å². The average molecular weight is 535 g/mol.